The number of amides is 5. The van der Waals surface area contributed by atoms with Gasteiger partial charge in [0.25, 0.3) is 11.5 Å². The monoisotopic (exact) mass is 706 g/mol. The molecule has 11 N–H and O–H groups in total. The topological polar surface area (TPSA) is 295 Å². The summed E-state index contributed by atoms with van der Waals surface area (Å²) in [6.45, 7) is 5.27. The second-order valence-corrected chi connectivity index (χ2v) is 12.2. The minimum atomic E-state index is -1.63. The van der Waals surface area contributed by atoms with Gasteiger partial charge >= 0.3 is 11.7 Å². The molecule has 1 aromatic heterocycles. The van der Waals surface area contributed by atoms with Crippen molar-refractivity contribution >= 4 is 35.5 Å². The lowest BCUT2D eigenvalue weighted by atomic mass is 9.98. The zero-order valence-electron chi connectivity index (χ0n) is 27.9. The standard InChI is InChI=1S/C31H43FN8O10/c1-14(2)10-18(25(43)35-19(11-16-8-6-5-7-9-16)26(44)37-20(13-41)30(48)49)36-29(47)22(15(3)4)38-24(42)17(33)12-34-28(46)23-21(32)27(45)40-31(50)39-23/h5-9,14-15,17-20,22,41H,10-13,33H2,1-4H3,(H,34,46)(H,35,43)(H,36,47)(H,37,44)(H,38,42)(H,48,49)(H2,39,40,45,50)/t17-,18-,19-,20-,22-/m0/s1. The number of halogens is 1. The fourth-order valence-corrected chi connectivity index (χ4v) is 4.56. The van der Waals surface area contributed by atoms with Crippen molar-refractivity contribution < 1.29 is 43.4 Å². The van der Waals surface area contributed by atoms with E-state index in [1.807, 2.05) is 4.98 Å². The summed E-state index contributed by atoms with van der Waals surface area (Å²) in [5.41, 5.74) is 2.95. The molecule has 0 fully saturated rings. The van der Waals surface area contributed by atoms with Crippen molar-refractivity contribution in [2.75, 3.05) is 13.2 Å². The molecule has 2 rings (SSSR count). The average molecular weight is 707 g/mol. The second kappa shape index (κ2) is 18.9. The molecular formula is C31H43FN8O10. The third kappa shape index (κ3) is 12.2. The zero-order chi connectivity index (χ0) is 37.7. The van der Waals surface area contributed by atoms with Gasteiger partial charge in [0.05, 0.1) is 6.61 Å². The molecule has 0 radical (unpaired) electrons. The lowest BCUT2D eigenvalue weighted by Crippen LogP contribution is -2.60. The molecule has 5 atom stereocenters. The maximum absolute atomic E-state index is 14.0. The molecule has 0 unspecified atom stereocenters. The first kappa shape index (κ1) is 40.7. The third-order valence-corrected chi connectivity index (χ3v) is 7.23. The SMILES string of the molecule is CC(C)C[C@H](NC(=O)[C@@H](NC(=O)[C@@H](N)CNC(=O)c1[nH]c(=O)[nH]c(=O)c1F)C(C)C)C(=O)N[C@@H](Cc1ccccc1)C(=O)N[C@@H](CO)C(=O)O. The lowest BCUT2D eigenvalue weighted by molar-refractivity contribution is -0.143. The number of aliphatic hydroxyl groups excluding tert-OH is 1. The molecule has 18 nitrogen and oxygen atoms in total. The minimum Gasteiger partial charge on any atom is -0.480 e. The van der Waals surface area contributed by atoms with Crippen LogP contribution >= 0.6 is 0 Å². The molecule has 274 valence electrons. The van der Waals surface area contributed by atoms with Crippen LogP contribution < -0.4 is 43.6 Å². The van der Waals surface area contributed by atoms with E-state index in [4.69, 9.17) is 5.73 Å². The first-order chi connectivity index (χ1) is 23.4. The van der Waals surface area contributed by atoms with Crippen molar-refractivity contribution in [3.63, 3.8) is 0 Å². The summed E-state index contributed by atoms with van der Waals surface area (Å²) in [6, 6.07) is 1.63. The van der Waals surface area contributed by atoms with Crippen LogP contribution in [0.4, 0.5) is 4.39 Å². The molecule has 2 aromatic rings. The minimum absolute atomic E-state index is 0.0544. The van der Waals surface area contributed by atoms with Gasteiger partial charge in [-0.25, -0.2) is 9.59 Å². The quantitative estimate of drug-likeness (QED) is 0.0756. The molecular weight excluding hydrogens is 663 g/mol. The largest absolute Gasteiger partial charge is 0.480 e. The Hall–Kier alpha value is -5.43. The summed E-state index contributed by atoms with van der Waals surface area (Å²) < 4.78 is 14.0. The van der Waals surface area contributed by atoms with Crippen LogP contribution in [0.25, 0.3) is 0 Å². The number of aliphatic carboxylic acids is 1. The lowest BCUT2D eigenvalue weighted by Gasteiger charge is -2.28. The van der Waals surface area contributed by atoms with E-state index < -0.39 is 108 Å². The normalized spacial score (nSPS) is 14.1. The van der Waals surface area contributed by atoms with Crippen LogP contribution in [0, 0.1) is 17.7 Å². The molecule has 0 bridgehead atoms. The van der Waals surface area contributed by atoms with Gasteiger partial charge in [-0.3, -0.25) is 33.8 Å². The first-order valence-electron chi connectivity index (χ1n) is 15.6. The molecule has 5 amide bonds. The highest BCUT2D eigenvalue weighted by molar-refractivity contribution is 5.96. The smallest absolute Gasteiger partial charge is 0.328 e. The predicted molar refractivity (Wildman–Crippen MR) is 175 cm³/mol. The number of carboxylic acid groups (broad SMARTS) is 1. The van der Waals surface area contributed by atoms with Crippen LogP contribution in [0.15, 0.2) is 39.9 Å². The summed E-state index contributed by atoms with van der Waals surface area (Å²) in [4.78, 5) is 103. The molecule has 50 heavy (non-hydrogen) atoms. The number of hydrogen-bond acceptors (Lipinski definition) is 10. The summed E-state index contributed by atoms with van der Waals surface area (Å²) in [5, 5.41) is 30.6. The fourth-order valence-electron chi connectivity index (χ4n) is 4.56. The highest BCUT2D eigenvalue weighted by atomic mass is 19.1. The van der Waals surface area contributed by atoms with E-state index in [0.29, 0.717) is 5.56 Å². The van der Waals surface area contributed by atoms with E-state index in [1.54, 1.807) is 63.0 Å². The van der Waals surface area contributed by atoms with Crippen molar-refractivity contribution in [2.24, 2.45) is 17.6 Å². The van der Waals surface area contributed by atoms with Gasteiger partial charge in [0, 0.05) is 13.0 Å². The Kier molecular flexibility index (Phi) is 15.4. The number of nitrogens with one attached hydrogen (secondary N) is 7. The Labute approximate surface area is 285 Å². The van der Waals surface area contributed by atoms with Crippen LogP contribution in [0.3, 0.4) is 0 Å². The predicted octanol–water partition coefficient (Wildman–Crippen LogP) is -2.78. The summed E-state index contributed by atoms with van der Waals surface area (Å²) in [6.07, 6.45) is 0.0397. The number of hydrogen-bond donors (Lipinski definition) is 10. The zero-order valence-corrected chi connectivity index (χ0v) is 27.9. The van der Waals surface area contributed by atoms with E-state index in [2.05, 4.69) is 26.6 Å². The highest BCUT2D eigenvalue weighted by Gasteiger charge is 2.33. The number of aromatic nitrogens is 2. The third-order valence-electron chi connectivity index (χ3n) is 7.23. The van der Waals surface area contributed by atoms with Crippen molar-refractivity contribution in [3.05, 3.63) is 68.2 Å². The summed E-state index contributed by atoms with van der Waals surface area (Å²) >= 11 is 0. The summed E-state index contributed by atoms with van der Waals surface area (Å²) in [5.74, 6) is -8.36. The molecule has 19 heteroatoms. The van der Waals surface area contributed by atoms with Crippen LogP contribution in [0.2, 0.25) is 0 Å². The molecule has 0 aliphatic heterocycles. The molecule has 1 aromatic carbocycles. The Morgan fingerprint density at radius 3 is 1.96 bits per heavy atom. The van der Waals surface area contributed by atoms with Gasteiger partial charge in [-0.2, -0.15) is 4.39 Å². The number of carbonyl (C=O) groups excluding carboxylic acids is 5. The van der Waals surface area contributed by atoms with Crippen molar-refractivity contribution in [1.29, 1.82) is 0 Å². The van der Waals surface area contributed by atoms with Gasteiger partial charge in [0.1, 0.15) is 35.9 Å². The van der Waals surface area contributed by atoms with Gasteiger partial charge in [-0.15, -0.1) is 0 Å². The molecule has 0 aliphatic carbocycles. The van der Waals surface area contributed by atoms with Crippen LogP contribution in [0.5, 0.6) is 0 Å². The van der Waals surface area contributed by atoms with Gasteiger partial charge in [0.15, 0.2) is 0 Å². The number of benzene rings is 1. The Bertz CT molecular complexity index is 1650. The highest BCUT2D eigenvalue weighted by Crippen LogP contribution is 2.10. The number of aliphatic hydroxyl groups is 1. The van der Waals surface area contributed by atoms with Gasteiger partial charge < -0.3 is 47.5 Å². The van der Waals surface area contributed by atoms with Crippen molar-refractivity contribution in [2.45, 2.75) is 70.7 Å². The number of carbonyl (C=O) groups is 6. The van der Waals surface area contributed by atoms with Gasteiger partial charge in [-0.05, 0) is 23.8 Å². The number of carboxylic acids is 1. The Balaban J connectivity index is 2.18. The Morgan fingerprint density at radius 1 is 0.820 bits per heavy atom. The van der Waals surface area contributed by atoms with Crippen molar-refractivity contribution in [3.8, 4) is 0 Å². The average Bonchev–Trinajstić information content (AvgIpc) is 3.05. The molecule has 0 aliphatic rings. The van der Waals surface area contributed by atoms with E-state index in [0.717, 1.165) is 0 Å². The molecule has 1 heterocycles. The maximum atomic E-state index is 14.0. The fraction of sp³-hybridized carbons (Fsp3) is 0.484. The van der Waals surface area contributed by atoms with Gasteiger partial charge in [-0.1, -0.05) is 58.0 Å². The van der Waals surface area contributed by atoms with Crippen LogP contribution in [-0.2, 0) is 30.4 Å². The van der Waals surface area contributed by atoms with Crippen molar-refractivity contribution in [1.82, 2.24) is 36.6 Å². The Morgan fingerprint density at radius 2 is 1.40 bits per heavy atom. The van der Waals surface area contributed by atoms with Gasteiger partial charge in [0.2, 0.25) is 29.4 Å². The number of aromatic amines is 2. The van der Waals surface area contributed by atoms with Crippen LogP contribution in [-0.4, -0.2) is 99.0 Å². The molecule has 0 saturated heterocycles. The summed E-state index contributed by atoms with van der Waals surface area (Å²) in [7, 11) is 0. The van der Waals surface area contributed by atoms with E-state index >= 15 is 0 Å². The van der Waals surface area contributed by atoms with E-state index in [9.17, 15) is 53.0 Å². The number of H-pyrrole nitrogens is 2. The second-order valence-electron chi connectivity index (χ2n) is 12.2. The molecule has 0 spiro atoms. The van der Waals surface area contributed by atoms with E-state index in [1.165, 1.54) is 0 Å². The number of rotatable bonds is 18. The number of nitrogens with two attached hydrogens (primary N) is 1. The molecule has 0 saturated carbocycles. The first-order valence-corrected chi connectivity index (χ1v) is 15.6. The van der Waals surface area contributed by atoms with Crippen LogP contribution in [0.1, 0.15) is 50.2 Å². The maximum Gasteiger partial charge on any atom is 0.328 e. The van der Waals surface area contributed by atoms with E-state index in [-0.39, 0.29) is 18.8 Å².